The van der Waals surface area contributed by atoms with Crippen LogP contribution in [0.25, 0.3) is 10.9 Å². The molecule has 0 saturated carbocycles. The molecular weight excluding hydrogens is 389 g/mol. The van der Waals surface area contributed by atoms with Crippen LogP contribution in [0.4, 0.5) is 19.1 Å². The van der Waals surface area contributed by atoms with Gasteiger partial charge in [0.2, 0.25) is 5.95 Å². The van der Waals surface area contributed by atoms with Crippen molar-refractivity contribution in [2.24, 2.45) is 0 Å². The number of benzene rings is 1. The Morgan fingerprint density at radius 1 is 1.21 bits per heavy atom. The predicted molar refractivity (Wildman–Crippen MR) is 102 cm³/mol. The summed E-state index contributed by atoms with van der Waals surface area (Å²) < 4.78 is 42.3. The van der Waals surface area contributed by atoms with Gasteiger partial charge in [0.05, 0.1) is 12.6 Å². The number of aliphatic hydroxyl groups excluding tert-OH is 1. The van der Waals surface area contributed by atoms with Gasteiger partial charge in [-0.15, -0.1) is 11.8 Å². The average molecular weight is 408 g/mol. The number of aliphatic hydroxyl groups is 1. The van der Waals surface area contributed by atoms with Crippen molar-refractivity contribution in [3.8, 4) is 0 Å². The normalized spacial score (nSPS) is 15.7. The summed E-state index contributed by atoms with van der Waals surface area (Å²) in [5.41, 5.74) is 0.745. The molecule has 0 amide bonds. The number of rotatable bonds is 3. The first-order valence-electron chi connectivity index (χ1n) is 8.81. The molecule has 0 fully saturated rings. The molecule has 4 rings (SSSR count). The largest absolute Gasteiger partial charge is 0.433 e. The highest BCUT2D eigenvalue weighted by molar-refractivity contribution is 7.98. The number of nitrogens with zero attached hydrogens (tertiary/aromatic N) is 4. The molecule has 0 radical (unpaired) electrons. The SMILES string of the molecule is CSc1ccc2cc3n(c2c1)CCN(c1ncc(C(C)O)c(C(F)(F)F)n1)C3. The minimum absolute atomic E-state index is 0.0260. The van der Waals surface area contributed by atoms with Crippen molar-refractivity contribution in [2.45, 2.75) is 37.2 Å². The zero-order valence-corrected chi connectivity index (χ0v) is 16.2. The van der Waals surface area contributed by atoms with Gasteiger partial charge in [-0.2, -0.15) is 13.2 Å². The lowest BCUT2D eigenvalue weighted by Gasteiger charge is -2.29. The minimum atomic E-state index is -4.65. The van der Waals surface area contributed by atoms with Crippen LogP contribution in [0.1, 0.15) is 30.0 Å². The number of alkyl halides is 3. The molecule has 5 nitrogen and oxygen atoms in total. The summed E-state index contributed by atoms with van der Waals surface area (Å²) in [7, 11) is 0. The maximum absolute atomic E-state index is 13.4. The Bertz CT molecular complexity index is 1030. The van der Waals surface area contributed by atoms with Crippen LogP contribution in [0.15, 0.2) is 35.4 Å². The monoisotopic (exact) mass is 408 g/mol. The van der Waals surface area contributed by atoms with E-state index in [-0.39, 0.29) is 11.5 Å². The second-order valence-electron chi connectivity index (χ2n) is 6.78. The number of aromatic nitrogens is 3. The van der Waals surface area contributed by atoms with Crippen molar-refractivity contribution in [1.29, 1.82) is 0 Å². The van der Waals surface area contributed by atoms with Gasteiger partial charge in [0, 0.05) is 46.3 Å². The van der Waals surface area contributed by atoms with Crippen LogP contribution in [0.5, 0.6) is 0 Å². The van der Waals surface area contributed by atoms with Crippen molar-refractivity contribution in [3.63, 3.8) is 0 Å². The summed E-state index contributed by atoms with van der Waals surface area (Å²) in [5.74, 6) is 0.0260. The fraction of sp³-hybridized carbons (Fsp3) is 0.368. The summed E-state index contributed by atoms with van der Waals surface area (Å²) in [6.07, 6.45) is -2.84. The summed E-state index contributed by atoms with van der Waals surface area (Å²) in [5, 5.41) is 10.7. The quantitative estimate of drug-likeness (QED) is 0.657. The van der Waals surface area contributed by atoms with Gasteiger partial charge in [-0.1, -0.05) is 6.07 Å². The molecule has 3 aromatic rings. The molecule has 1 aliphatic rings. The second kappa shape index (κ2) is 6.97. The lowest BCUT2D eigenvalue weighted by molar-refractivity contribution is -0.142. The van der Waals surface area contributed by atoms with E-state index in [2.05, 4.69) is 38.8 Å². The zero-order valence-electron chi connectivity index (χ0n) is 15.4. The Kier molecular flexibility index (Phi) is 4.75. The Hall–Kier alpha value is -2.26. The molecule has 3 heterocycles. The van der Waals surface area contributed by atoms with Gasteiger partial charge in [0.15, 0.2) is 5.69 Å². The topological polar surface area (TPSA) is 54.2 Å². The third kappa shape index (κ3) is 3.33. The van der Waals surface area contributed by atoms with E-state index in [0.717, 1.165) is 22.8 Å². The summed E-state index contributed by atoms with van der Waals surface area (Å²) in [6, 6.07) is 8.31. The highest BCUT2D eigenvalue weighted by atomic mass is 32.2. The highest BCUT2D eigenvalue weighted by Crippen LogP contribution is 2.35. The Balaban J connectivity index is 1.69. The average Bonchev–Trinajstić information content (AvgIpc) is 3.03. The van der Waals surface area contributed by atoms with E-state index >= 15 is 0 Å². The maximum Gasteiger partial charge on any atom is 0.433 e. The van der Waals surface area contributed by atoms with E-state index in [0.29, 0.717) is 19.6 Å². The van der Waals surface area contributed by atoms with Crippen LogP contribution in [-0.2, 0) is 19.3 Å². The van der Waals surface area contributed by atoms with Gasteiger partial charge in [0.1, 0.15) is 0 Å². The first-order valence-corrected chi connectivity index (χ1v) is 10.0. The second-order valence-corrected chi connectivity index (χ2v) is 7.66. The van der Waals surface area contributed by atoms with E-state index in [1.165, 1.54) is 11.8 Å². The van der Waals surface area contributed by atoms with Crippen LogP contribution in [0.3, 0.4) is 0 Å². The van der Waals surface area contributed by atoms with Crippen LogP contribution >= 0.6 is 11.8 Å². The van der Waals surface area contributed by atoms with Crippen molar-refractivity contribution in [2.75, 3.05) is 17.7 Å². The number of halogens is 3. The third-order valence-corrected chi connectivity index (χ3v) is 5.67. The van der Waals surface area contributed by atoms with Crippen LogP contribution in [0.2, 0.25) is 0 Å². The summed E-state index contributed by atoms with van der Waals surface area (Å²) >= 11 is 1.67. The molecule has 1 unspecified atom stereocenters. The number of hydrogen-bond acceptors (Lipinski definition) is 5. The van der Waals surface area contributed by atoms with E-state index in [4.69, 9.17) is 0 Å². The van der Waals surface area contributed by atoms with Crippen LogP contribution in [-0.4, -0.2) is 32.4 Å². The number of anilines is 1. The molecule has 0 bridgehead atoms. The van der Waals surface area contributed by atoms with Gasteiger partial charge in [-0.3, -0.25) is 0 Å². The lowest BCUT2D eigenvalue weighted by Crippen LogP contribution is -2.35. The van der Waals surface area contributed by atoms with Gasteiger partial charge >= 0.3 is 6.18 Å². The predicted octanol–water partition coefficient (Wildman–Crippen LogP) is 4.25. The Morgan fingerprint density at radius 3 is 2.68 bits per heavy atom. The molecule has 1 N–H and O–H groups in total. The molecule has 0 aliphatic carbocycles. The van der Waals surface area contributed by atoms with Crippen molar-refractivity contribution in [3.05, 3.63) is 47.4 Å². The highest BCUT2D eigenvalue weighted by Gasteiger charge is 2.37. The summed E-state index contributed by atoms with van der Waals surface area (Å²) in [4.78, 5) is 10.8. The van der Waals surface area contributed by atoms with Crippen molar-refractivity contribution in [1.82, 2.24) is 14.5 Å². The number of thioether (sulfide) groups is 1. The van der Waals surface area contributed by atoms with Crippen molar-refractivity contribution < 1.29 is 18.3 Å². The first kappa shape index (κ1) is 19.1. The van der Waals surface area contributed by atoms with Crippen molar-refractivity contribution >= 4 is 28.6 Å². The van der Waals surface area contributed by atoms with Gasteiger partial charge < -0.3 is 14.6 Å². The molecule has 148 valence electrons. The van der Waals surface area contributed by atoms with E-state index in [1.807, 2.05) is 6.26 Å². The first-order chi connectivity index (χ1) is 13.3. The van der Waals surface area contributed by atoms with Crippen LogP contribution in [0, 0.1) is 0 Å². The number of hydrogen-bond donors (Lipinski definition) is 1. The van der Waals surface area contributed by atoms with E-state index in [1.54, 1.807) is 16.7 Å². The molecule has 28 heavy (non-hydrogen) atoms. The fourth-order valence-corrected chi connectivity index (χ4v) is 3.98. The third-order valence-electron chi connectivity index (χ3n) is 4.95. The Morgan fingerprint density at radius 2 is 2.00 bits per heavy atom. The molecular formula is C19H19F3N4OS. The standard InChI is InChI=1S/C19H19F3N4OS/c1-11(27)15-9-23-18(24-17(15)19(20,21)22)25-5-6-26-13(10-25)7-12-3-4-14(28-2)8-16(12)26/h3-4,7-9,11,27H,5-6,10H2,1-2H3. The summed E-state index contributed by atoms with van der Waals surface area (Å²) in [6.45, 7) is 2.84. The van der Waals surface area contributed by atoms with Gasteiger partial charge in [-0.25, -0.2) is 9.97 Å². The lowest BCUT2D eigenvalue weighted by atomic mass is 10.1. The zero-order chi connectivity index (χ0) is 20.1. The number of fused-ring (bicyclic) bond motifs is 3. The molecule has 9 heteroatoms. The molecule has 1 atom stereocenters. The maximum atomic E-state index is 13.4. The molecule has 0 saturated heterocycles. The molecule has 1 aromatic carbocycles. The van der Waals surface area contributed by atoms with E-state index in [9.17, 15) is 18.3 Å². The minimum Gasteiger partial charge on any atom is -0.389 e. The molecule has 2 aromatic heterocycles. The van der Waals surface area contributed by atoms with Crippen LogP contribution < -0.4 is 4.90 Å². The fourth-order valence-electron chi connectivity index (χ4n) is 3.55. The van der Waals surface area contributed by atoms with E-state index < -0.39 is 18.0 Å². The molecule has 1 aliphatic heterocycles. The van der Waals surface area contributed by atoms with Gasteiger partial charge in [0.25, 0.3) is 0 Å². The Labute approximate surface area is 164 Å². The molecule has 0 spiro atoms. The smallest absolute Gasteiger partial charge is 0.389 e. The van der Waals surface area contributed by atoms with Gasteiger partial charge in [-0.05, 0) is 31.4 Å².